The Morgan fingerprint density at radius 1 is 1.00 bits per heavy atom. The number of carbonyl (C=O) groups is 1. The van der Waals surface area contributed by atoms with Gasteiger partial charge in [-0.3, -0.25) is 9.69 Å². The average molecular weight is 454 g/mol. The Hall–Kier alpha value is -1.90. The molecule has 2 aromatic rings. The minimum Gasteiger partial charge on any atom is -0.325 e. The Morgan fingerprint density at radius 3 is 2.34 bits per heavy atom. The lowest BCUT2D eigenvalue weighted by atomic mass is 10.2. The van der Waals surface area contributed by atoms with Crippen LogP contribution < -0.4 is 5.32 Å². The molecule has 0 bridgehead atoms. The molecule has 0 radical (unpaired) electrons. The van der Waals surface area contributed by atoms with Crippen LogP contribution in [0.5, 0.6) is 0 Å². The smallest absolute Gasteiger partial charge is 0.238 e. The lowest BCUT2D eigenvalue weighted by Crippen LogP contribution is -2.49. The quantitative estimate of drug-likeness (QED) is 0.725. The largest absolute Gasteiger partial charge is 0.325 e. The van der Waals surface area contributed by atoms with Crippen molar-refractivity contribution in [2.75, 3.05) is 38.0 Å². The van der Waals surface area contributed by atoms with Gasteiger partial charge in [0.25, 0.3) is 0 Å². The second-order valence-electron chi connectivity index (χ2n) is 6.61. The highest BCUT2D eigenvalue weighted by molar-refractivity contribution is 7.92. The molecule has 1 fully saturated rings. The van der Waals surface area contributed by atoms with Gasteiger partial charge in [0.15, 0.2) is 0 Å². The van der Waals surface area contributed by atoms with Crippen molar-refractivity contribution < 1.29 is 13.2 Å². The molecular weight excluding hydrogens is 433 g/mol. The number of nitrogens with one attached hydrogen (secondary N) is 1. The van der Waals surface area contributed by atoms with Crippen molar-refractivity contribution >= 4 is 50.9 Å². The number of hydrogen-bond donors (Lipinski definition) is 1. The summed E-state index contributed by atoms with van der Waals surface area (Å²) >= 11 is 11.8. The van der Waals surface area contributed by atoms with Gasteiger partial charge in [-0.05, 0) is 29.8 Å². The van der Waals surface area contributed by atoms with Crippen LogP contribution in [0.2, 0.25) is 10.0 Å². The first-order valence-electron chi connectivity index (χ1n) is 9.04. The van der Waals surface area contributed by atoms with Gasteiger partial charge in [-0.15, -0.1) is 0 Å². The normalized spacial score (nSPS) is 16.2. The first-order valence-corrected chi connectivity index (χ1v) is 11.3. The summed E-state index contributed by atoms with van der Waals surface area (Å²) < 4.78 is 26.4. The maximum atomic E-state index is 12.5. The van der Waals surface area contributed by atoms with Crippen molar-refractivity contribution in [1.29, 1.82) is 0 Å². The molecule has 9 heteroatoms. The summed E-state index contributed by atoms with van der Waals surface area (Å²) in [5, 5.41) is 4.79. The molecule has 2 aromatic carbocycles. The molecule has 1 saturated heterocycles. The van der Waals surface area contributed by atoms with Crippen LogP contribution in [-0.2, 0) is 14.8 Å². The third-order valence-corrected chi connectivity index (χ3v) is 6.80. The number of rotatable bonds is 6. The Kier molecular flexibility index (Phi) is 7.32. The van der Waals surface area contributed by atoms with E-state index in [1.807, 2.05) is 35.2 Å². The van der Waals surface area contributed by atoms with Gasteiger partial charge in [0, 0.05) is 37.3 Å². The van der Waals surface area contributed by atoms with Crippen LogP contribution in [0.4, 0.5) is 5.69 Å². The summed E-state index contributed by atoms with van der Waals surface area (Å²) in [4.78, 5) is 14.2. The van der Waals surface area contributed by atoms with Gasteiger partial charge in [-0.25, -0.2) is 8.42 Å². The van der Waals surface area contributed by atoms with Crippen LogP contribution in [0.1, 0.15) is 5.56 Å². The van der Waals surface area contributed by atoms with Crippen molar-refractivity contribution in [3.8, 4) is 0 Å². The maximum absolute atomic E-state index is 12.5. The van der Waals surface area contributed by atoms with Gasteiger partial charge in [-0.1, -0.05) is 53.5 Å². The number of sulfonamides is 1. The van der Waals surface area contributed by atoms with Crippen molar-refractivity contribution in [1.82, 2.24) is 9.21 Å². The standard InChI is InChI=1S/C20H21Cl2N3O3S/c21-18-7-6-17(14-19(18)22)23-20(26)15-24-9-11-25(12-10-24)29(27,28)13-8-16-4-2-1-3-5-16/h1-8,13-14H,9-12,15H2,(H,23,26)/b13-8+. The molecule has 1 aliphatic heterocycles. The molecule has 0 unspecified atom stereocenters. The molecule has 0 saturated carbocycles. The van der Waals surface area contributed by atoms with E-state index in [4.69, 9.17) is 23.2 Å². The van der Waals surface area contributed by atoms with E-state index in [0.717, 1.165) is 5.56 Å². The summed E-state index contributed by atoms with van der Waals surface area (Å²) in [6, 6.07) is 14.2. The predicted molar refractivity (Wildman–Crippen MR) is 118 cm³/mol. The van der Waals surface area contributed by atoms with E-state index in [0.29, 0.717) is 41.9 Å². The predicted octanol–water partition coefficient (Wildman–Crippen LogP) is 3.55. The highest BCUT2D eigenvalue weighted by Crippen LogP contribution is 2.25. The maximum Gasteiger partial charge on any atom is 0.238 e. The van der Waals surface area contributed by atoms with Crippen molar-refractivity contribution in [3.05, 3.63) is 69.5 Å². The van der Waals surface area contributed by atoms with E-state index in [-0.39, 0.29) is 12.5 Å². The molecule has 6 nitrogen and oxygen atoms in total. The lowest BCUT2D eigenvalue weighted by molar-refractivity contribution is -0.117. The van der Waals surface area contributed by atoms with Crippen LogP contribution >= 0.6 is 23.2 Å². The second kappa shape index (κ2) is 9.73. The number of amides is 1. The Bertz CT molecular complexity index is 989. The van der Waals surface area contributed by atoms with E-state index >= 15 is 0 Å². The number of halogens is 2. The highest BCUT2D eigenvalue weighted by Gasteiger charge is 2.25. The van der Waals surface area contributed by atoms with Gasteiger partial charge in [0.1, 0.15) is 0 Å². The average Bonchev–Trinajstić information content (AvgIpc) is 2.70. The third kappa shape index (κ3) is 6.29. The van der Waals surface area contributed by atoms with Crippen molar-refractivity contribution in [2.24, 2.45) is 0 Å². The molecule has 0 aliphatic carbocycles. The van der Waals surface area contributed by atoms with E-state index in [1.54, 1.807) is 24.3 Å². The zero-order valence-corrected chi connectivity index (χ0v) is 17.9. The lowest BCUT2D eigenvalue weighted by Gasteiger charge is -2.32. The van der Waals surface area contributed by atoms with Gasteiger partial charge in [0.05, 0.1) is 16.6 Å². The monoisotopic (exact) mass is 453 g/mol. The van der Waals surface area contributed by atoms with Crippen LogP contribution in [0.15, 0.2) is 53.9 Å². The fraction of sp³-hybridized carbons (Fsp3) is 0.250. The van der Waals surface area contributed by atoms with Crippen LogP contribution in [0.3, 0.4) is 0 Å². The minimum atomic E-state index is -3.49. The molecule has 1 heterocycles. The zero-order valence-electron chi connectivity index (χ0n) is 15.6. The van der Waals surface area contributed by atoms with Crippen LogP contribution in [0, 0.1) is 0 Å². The van der Waals surface area contributed by atoms with Crippen molar-refractivity contribution in [2.45, 2.75) is 0 Å². The third-order valence-electron chi connectivity index (χ3n) is 4.49. The molecule has 1 aliphatic rings. The summed E-state index contributed by atoms with van der Waals surface area (Å²) in [6.07, 6.45) is 1.59. The van der Waals surface area contributed by atoms with Crippen LogP contribution in [-0.4, -0.2) is 56.3 Å². The Labute approximate surface area is 180 Å². The van der Waals surface area contributed by atoms with Gasteiger partial charge in [0.2, 0.25) is 15.9 Å². The molecule has 3 rings (SSSR count). The summed E-state index contributed by atoms with van der Waals surface area (Å²) in [6.45, 7) is 1.80. The number of nitrogens with zero attached hydrogens (tertiary/aromatic N) is 2. The Balaban J connectivity index is 1.50. The fourth-order valence-corrected chi connectivity index (χ4v) is 4.41. The SMILES string of the molecule is O=C(CN1CCN(S(=O)(=O)/C=C/c2ccccc2)CC1)Nc1ccc(Cl)c(Cl)c1. The topological polar surface area (TPSA) is 69.7 Å². The summed E-state index contributed by atoms with van der Waals surface area (Å²) in [5.41, 5.74) is 1.39. The van der Waals surface area contributed by atoms with Crippen molar-refractivity contribution in [3.63, 3.8) is 0 Å². The second-order valence-corrected chi connectivity index (χ2v) is 9.24. The van der Waals surface area contributed by atoms with E-state index in [9.17, 15) is 13.2 Å². The molecule has 1 N–H and O–H groups in total. The van der Waals surface area contributed by atoms with Gasteiger partial charge < -0.3 is 5.32 Å². The molecule has 0 aromatic heterocycles. The zero-order chi connectivity index (χ0) is 20.9. The number of piperazine rings is 1. The van der Waals surface area contributed by atoms with E-state index in [1.165, 1.54) is 9.71 Å². The Morgan fingerprint density at radius 2 is 1.69 bits per heavy atom. The van der Waals surface area contributed by atoms with E-state index < -0.39 is 10.0 Å². The number of carbonyl (C=O) groups excluding carboxylic acids is 1. The van der Waals surface area contributed by atoms with Gasteiger partial charge >= 0.3 is 0 Å². The molecule has 1 amide bonds. The van der Waals surface area contributed by atoms with Gasteiger partial charge in [-0.2, -0.15) is 4.31 Å². The first-order chi connectivity index (χ1) is 13.8. The number of benzene rings is 2. The summed E-state index contributed by atoms with van der Waals surface area (Å²) in [7, 11) is -3.49. The minimum absolute atomic E-state index is 0.175. The molecule has 154 valence electrons. The highest BCUT2D eigenvalue weighted by atomic mass is 35.5. The molecule has 0 atom stereocenters. The fourth-order valence-electron chi connectivity index (χ4n) is 2.93. The van der Waals surface area contributed by atoms with E-state index in [2.05, 4.69) is 5.32 Å². The molecule has 29 heavy (non-hydrogen) atoms. The first kappa shape index (κ1) is 21.8. The number of hydrogen-bond acceptors (Lipinski definition) is 4. The summed E-state index contributed by atoms with van der Waals surface area (Å²) in [5.74, 6) is -0.191. The van der Waals surface area contributed by atoms with Crippen LogP contribution in [0.25, 0.3) is 6.08 Å². The number of anilines is 1. The molecule has 0 spiro atoms. The molecular formula is C20H21Cl2N3O3S.